The van der Waals surface area contributed by atoms with Crippen molar-refractivity contribution in [1.82, 2.24) is 9.78 Å². The summed E-state index contributed by atoms with van der Waals surface area (Å²) in [4.78, 5) is 0. The summed E-state index contributed by atoms with van der Waals surface area (Å²) >= 11 is 5.88. The normalized spacial score (nSPS) is 17.1. The summed E-state index contributed by atoms with van der Waals surface area (Å²) in [5.74, 6) is 1.44. The maximum Gasteiger partial charge on any atom is 0.0640 e. The van der Waals surface area contributed by atoms with Gasteiger partial charge in [0, 0.05) is 17.8 Å². The van der Waals surface area contributed by atoms with E-state index >= 15 is 0 Å². The van der Waals surface area contributed by atoms with Crippen molar-refractivity contribution >= 4 is 11.6 Å². The second kappa shape index (κ2) is 3.93. The number of nitrogens with zero attached hydrogens (tertiary/aromatic N) is 2. The van der Waals surface area contributed by atoms with Gasteiger partial charge >= 0.3 is 0 Å². The monoisotopic (exact) mass is 212 g/mol. The highest BCUT2D eigenvalue weighted by atomic mass is 35.5. The molecule has 78 valence electrons. The van der Waals surface area contributed by atoms with E-state index in [1.165, 1.54) is 30.5 Å². The Morgan fingerprint density at radius 1 is 1.43 bits per heavy atom. The quantitative estimate of drug-likeness (QED) is 0.705. The van der Waals surface area contributed by atoms with Crippen LogP contribution in [0.15, 0.2) is 0 Å². The molecular weight excluding hydrogens is 196 g/mol. The van der Waals surface area contributed by atoms with Crippen molar-refractivity contribution in [2.75, 3.05) is 0 Å². The number of alkyl halides is 1. The van der Waals surface area contributed by atoms with Gasteiger partial charge in [0.15, 0.2) is 0 Å². The predicted octanol–water partition coefficient (Wildman–Crippen LogP) is 3.04. The molecule has 0 aliphatic heterocycles. The number of hydrogen-bond donors (Lipinski definition) is 0. The van der Waals surface area contributed by atoms with Gasteiger partial charge in [0.05, 0.1) is 11.6 Å². The molecular formula is C11H17ClN2. The van der Waals surface area contributed by atoms with E-state index < -0.39 is 0 Å². The molecule has 0 amide bonds. The van der Waals surface area contributed by atoms with Crippen LogP contribution in [0, 0.1) is 19.8 Å². The molecule has 1 aliphatic carbocycles. The molecule has 1 aliphatic rings. The summed E-state index contributed by atoms with van der Waals surface area (Å²) in [6.07, 6.45) is 4.13. The van der Waals surface area contributed by atoms with Crippen LogP contribution in [0.25, 0.3) is 0 Å². The number of hydrogen-bond acceptors (Lipinski definition) is 1. The molecule has 1 saturated carbocycles. The topological polar surface area (TPSA) is 17.8 Å². The van der Waals surface area contributed by atoms with Crippen molar-refractivity contribution in [2.24, 2.45) is 5.92 Å². The lowest BCUT2D eigenvalue weighted by Gasteiger charge is -2.25. The molecule has 0 spiro atoms. The Bertz CT molecular complexity index is 326. The average molecular weight is 213 g/mol. The first kappa shape index (κ1) is 10.0. The second-order valence-corrected chi connectivity index (χ2v) is 4.53. The summed E-state index contributed by atoms with van der Waals surface area (Å²) in [7, 11) is 0. The summed E-state index contributed by atoms with van der Waals surface area (Å²) < 4.78 is 2.14. The molecule has 0 saturated heterocycles. The van der Waals surface area contributed by atoms with Crippen molar-refractivity contribution in [2.45, 2.75) is 45.5 Å². The SMILES string of the molecule is Cc1nn(CC2CCC2)c(C)c1CCl. The fraction of sp³-hybridized carbons (Fsp3) is 0.727. The minimum atomic E-state index is 0.586. The van der Waals surface area contributed by atoms with E-state index in [0.29, 0.717) is 5.88 Å². The van der Waals surface area contributed by atoms with Gasteiger partial charge in [-0.15, -0.1) is 11.6 Å². The number of aryl methyl sites for hydroxylation is 1. The molecule has 0 bridgehead atoms. The van der Waals surface area contributed by atoms with Gasteiger partial charge in [0.2, 0.25) is 0 Å². The highest BCUT2D eigenvalue weighted by Crippen LogP contribution is 2.28. The van der Waals surface area contributed by atoms with E-state index in [1.54, 1.807) is 0 Å². The molecule has 2 nitrogen and oxygen atoms in total. The lowest BCUT2D eigenvalue weighted by molar-refractivity contribution is 0.264. The van der Waals surface area contributed by atoms with Crippen molar-refractivity contribution in [3.63, 3.8) is 0 Å². The van der Waals surface area contributed by atoms with Crippen molar-refractivity contribution in [3.8, 4) is 0 Å². The third-order valence-electron chi connectivity index (χ3n) is 3.32. The minimum absolute atomic E-state index is 0.586. The average Bonchev–Trinajstić information content (AvgIpc) is 2.35. The van der Waals surface area contributed by atoms with Crippen LogP contribution >= 0.6 is 11.6 Å². The molecule has 1 aromatic rings. The van der Waals surface area contributed by atoms with E-state index in [0.717, 1.165) is 18.2 Å². The zero-order valence-electron chi connectivity index (χ0n) is 8.89. The van der Waals surface area contributed by atoms with Crippen LogP contribution in [-0.2, 0) is 12.4 Å². The Balaban J connectivity index is 2.16. The Morgan fingerprint density at radius 3 is 2.57 bits per heavy atom. The van der Waals surface area contributed by atoms with Gasteiger partial charge in [-0.25, -0.2) is 0 Å². The molecule has 1 aromatic heterocycles. The van der Waals surface area contributed by atoms with Crippen molar-refractivity contribution in [3.05, 3.63) is 17.0 Å². The van der Waals surface area contributed by atoms with Crippen molar-refractivity contribution < 1.29 is 0 Å². The molecule has 0 radical (unpaired) electrons. The highest BCUT2D eigenvalue weighted by Gasteiger charge is 2.20. The van der Waals surface area contributed by atoms with Gasteiger partial charge < -0.3 is 0 Å². The van der Waals surface area contributed by atoms with E-state index in [1.807, 2.05) is 6.92 Å². The first-order valence-electron chi connectivity index (χ1n) is 5.31. The Hall–Kier alpha value is -0.500. The molecule has 0 atom stereocenters. The van der Waals surface area contributed by atoms with Crippen LogP contribution in [-0.4, -0.2) is 9.78 Å². The van der Waals surface area contributed by atoms with Gasteiger partial charge in [-0.05, 0) is 32.6 Å². The molecule has 0 aromatic carbocycles. The fourth-order valence-electron chi connectivity index (χ4n) is 2.03. The third-order valence-corrected chi connectivity index (χ3v) is 3.59. The Morgan fingerprint density at radius 2 is 2.14 bits per heavy atom. The molecule has 14 heavy (non-hydrogen) atoms. The van der Waals surface area contributed by atoms with Crippen LogP contribution < -0.4 is 0 Å². The number of aromatic nitrogens is 2. The lowest BCUT2D eigenvalue weighted by atomic mass is 9.85. The van der Waals surface area contributed by atoms with Crippen LogP contribution in [0.2, 0.25) is 0 Å². The summed E-state index contributed by atoms with van der Waals surface area (Å²) in [6, 6.07) is 0. The molecule has 0 unspecified atom stereocenters. The zero-order valence-corrected chi connectivity index (χ0v) is 9.64. The number of rotatable bonds is 3. The summed E-state index contributed by atoms with van der Waals surface area (Å²) in [5.41, 5.74) is 3.56. The van der Waals surface area contributed by atoms with E-state index in [9.17, 15) is 0 Å². The van der Waals surface area contributed by atoms with E-state index in [2.05, 4.69) is 16.7 Å². The largest absolute Gasteiger partial charge is 0.269 e. The maximum absolute atomic E-state index is 5.88. The molecule has 2 rings (SSSR count). The molecule has 1 heterocycles. The van der Waals surface area contributed by atoms with Crippen LogP contribution in [0.4, 0.5) is 0 Å². The first-order chi connectivity index (χ1) is 6.72. The lowest BCUT2D eigenvalue weighted by Crippen LogP contribution is -2.19. The molecule has 1 fully saturated rings. The van der Waals surface area contributed by atoms with Crippen molar-refractivity contribution in [1.29, 1.82) is 0 Å². The van der Waals surface area contributed by atoms with Gasteiger partial charge in [0.25, 0.3) is 0 Å². The smallest absolute Gasteiger partial charge is 0.0640 e. The van der Waals surface area contributed by atoms with Crippen LogP contribution in [0.1, 0.15) is 36.2 Å². The Kier molecular flexibility index (Phi) is 2.82. The highest BCUT2D eigenvalue weighted by molar-refractivity contribution is 6.17. The van der Waals surface area contributed by atoms with Crippen LogP contribution in [0.5, 0.6) is 0 Å². The molecule has 0 N–H and O–H groups in total. The fourth-order valence-corrected chi connectivity index (χ4v) is 2.41. The van der Waals surface area contributed by atoms with Gasteiger partial charge in [-0.1, -0.05) is 6.42 Å². The third kappa shape index (κ3) is 1.68. The first-order valence-corrected chi connectivity index (χ1v) is 5.84. The Labute approximate surface area is 90.3 Å². The maximum atomic E-state index is 5.88. The van der Waals surface area contributed by atoms with Gasteiger partial charge in [-0.2, -0.15) is 5.10 Å². The summed E-state index contributed by atoms with van der Waals surface area (Å²) in [6.45, 7) is 5.25. The van der Waals surface area contributed by atoms with Gasteiger partial charge in [0.1, 0.15) is 0 Å². The zero-order chi connectivity index (χ0) is 10.1. The van der Waals surface area contributed by atoms with E-state index in [-0.39, 0.29) is 0 Å². The predicted molar refractivity (Wildman–Crippen MR) is 58.6 cm³/mol. The molecule has 3 heteroatoms. The van der Waals surface area contributed by atoms with Gasteiger partial charge in [-0.3, -0.25) is 4.68 Å². The second-order valence-electron chi connectivity index (χ2n) is 4.26. The van der Waals surface area contributed by atoms with Crippen LogP contribution in [0.3, 0.4) is 0 Å². The number of halogens is 1. The van der Waals surface area contributed by atoms with E-state index in [4.69, 9.17) is 11.6 Å². The standard InChI is InChI=1S/C11H17ClN2/c1-8-11(6-12)9(2)14(13-8)7-10-4-3-5-10/h10H,3-7H2,1-2H3. The minimum Gasteiger partial charge on any atom is -0.269 e. The summed E-state index contributed by atoms with van der Waals surface area (Å²) in [5, 5.41) is 4.54.